The van der Waals surface area contributed by atoms with Crippen LogP contribution in [0.2, 0.25) is 0 Å². The van der Waals surface area contributed by atoms with E-state index in [-0.39, 0.29) is 11.8 Å². The van der Waals surface area contributed by atoms with Gasteiger partial charge in [0.1, 0.15) is 0 Å². The standard InChI is InChI=1S/C14H17N3O/c1-9-5-6-12(17-14(18)10(2)8-15)11-4-3-7-16-13(9)11/h3-7,10H,8,15H2,1-2H3,(H,17,18). The third-order valence-corrected chi connectivity index (χ3v) is 3.03. The Bertz CT molecular complexity index is 580. The van der Waals surface area contributed by atoms with E-state index in [2.05, 4.69) is 10.3 Å². The summed E-state index contributed by atoms with van der Waals surface area (Å²) < 4.78 is 0. The van der Waals surface area contributed by atoms with Crippen LogP contribution in [-0.4, -0.2) is 17.4 Å². The van der Waals surface area contributed by atoms with E-state index < -0.39 is 0 Å². The van der Waals surface area contributed by atoms with Crippen LogP contribution in [-0.2, 0) is 4.79 Å². The Kier molecular flexibility index (Phi) is 3.58. The number of nitrogens with one attached hydrogen (secondary N) is 1. The Hall–Kier alpha value is -1.94. The molecule has 0 fully saturated rings. The van der Waals surface area contributed by atoms with Crippen molar-refractivity contribution in [1.82, 2.24) is 4.98 Å². The molecule has 3 N–H and O–H groups in total. The second-order valence-corrected chi connectivity index (χ2v) is 4.46. The predicted molar refractivity (Wildman–Crippen MR) is 73.3 cm³/mol. The van der Waals surface area contributed by atoms with Crippen molar-refractivity contribution in [2.24, 2.45) is 11.7 Å². The van der Waals surface area contributed by atoms with Crippen LogP contribution in [0, 0.1) is 12.8 Å². The van der Waals surface area contributed by atoms with Crippen LogP contribution >= 0.6 is 0 Å². The minimum absolute atomic E-state index is 0.0634. The lowest BCUT2D eigenvalue weighted by atomic mass is 10.1. The van der Waals surface area contributed by atoms with Gasteiger partial charge in [0, 0.05) is 24.0 Å². The molecule has 18 heavy (non-hydrogen) atoms. The number of fused-ring (bicyclic) bond motifs is 1. The molecule has 1 unspecified atom stereocenters. The number of hydrogen-bond donors (Lipinski definition) is 2. The summed E-state index contributed by atoms with van der Waals surface area (Å²) in [6.07, 6.45) is 1.75. The lowest BCUT2D eigenvalue weighted by Gasteiger charge is -2.12. The van der Waals surface area contributed by atoms with Crippen LogP contribution in [0.25, 0.3) is 10.9 Å². The first kappa shape index (κ1) is 12.5. The van der Waals surface area contributed by atoms with Crippen LogP contribution in [0.4, 0.5) is 5.69 Å². The number of benzene rings is 1. The quantitative estimate of drug-likeness (QED) is 0.867. The second-order valence-electron chi connectivity index (χ2n) is 4.46. The summed E-state index contributed by atoms with van der Waals surface area (Å²) in [6, 6.07) is 7.68. The third-order valence-electron chi connectivity index (χ3n) is 3.03. The molecule has 1 aromatic carbocycles. The van der Waals surface area contributed by atoms with Gasteiger partial charge in [0.15, 0.2) is 0 Å². The van der Waals surface area contributed by atoms with Crippen molar-refractivity contribution in [2.45, 2.75) is 13.8 Å². The van der Waals surface area contributed by atoms with Gasteiger partial charge in [0.25, 0.3) is 0 Å². The number of carbonyl (C=O) groups is 1. The highest BCUT2D eigenvalue weighted by molar-refractivity contribution is 6.02. The van der Waals surface area contributed by atoms with Gasteiger partial charge in [-0.25, -0.2) is 0 Å². The van der Waals surface area contributed by atoms with E-state index in [1.165, 1.54) is 0 Å². The zero-order valence-corrected chi connectivity index (χ0v) is 10.6. The molecule has 1 heterocycles. The number of rotatable bonds is 3. The minimum Gasteiger partial charge on any atom is -0.330 e. The molecule has 1 amide bonds. The summed E-state index contributed by atoms with van der Waals surface area (Å²) in [4.78, 5) is 16.2. The fourth-order valence-corrected chi connectivity index (χ4v) is 1.79. The highest BCUT2D eigenvalue weighted by Gasteiger charge is 2.12. The predicted octanol–water partition coefficient (Wildman–Crippen LogP) is 2.08. The normalized spacial score (nSPS) is 12.4. The van der Waals surface area contributed by atoms with Gasteiger partial charge in [0.05, 0.1) is 11.2 Å². The van der Waals surface area contributed by atoms with Crippen molar-refractivity contribution in [3.05, 3.63) is 36.0 Å². The molecule has 1 aromatic heterocycles. The van der Waals surface area contributed by atoms with E-state index in [0.717, 1.165) is 22.2 Å². The first-order valence-corrected chi connectivity index (χ1v) is 5.98. The Morgan fingerprint density at radius 1 is 1.44 bits per heavy atom. The highest BCUT2D eigenvalue weighted by Crippen LogP contribution is 2.24. The highest BCUT2D eigenvalue weighted by atomic mass is 16.1. The van der Waals surface area contributed by atoms with Crippen LogP contribution in [0.5, 0.6) is 0 Å². The first-order valence-electron chi connectivity index (χ1n) is 5.98. The molecule has 2 rings (SSSR count). The van der Waals surface area contributed by atoms with Gasteiger partial charge in [-0.2, -0.15) is 0 Å². The summed E-state index contributed by atoms with van der Waals surface area (Å²) in [5.41, 5.74) is 8.28. The fraction of sp³-hybridized carbons (Fsp3) is 0.286. The molecule has 0 aliphatic carbocycles. The van der Waals surface area contributed by atoms with Gasteiger partial charge >= 0.3 is 0 Å². The molecule has 0 aliphatic heterocycles. The Labute approximate surface area is 106 Å². The van der Waals surface area contributed by atoms with Crippen LogP contribution in [0.15, 0.2) is 30.5 Å². The fourth-order valence-electron chi connectivity index (χ4n) is 1.79. The third kappa shape index (κ3) is 2.33. The zero-order valence-electron chi connectivity index (χ0n) is 10.6. The SMILES string of the molecule is Cc1ccc(NC(=O)C(C)CN)c2cccnc12. The molecule has 94 valence electrons. The molecule has 0 radical (unpaired) electrons. The minimum atomic E-state index is -0.196. The summed E-state index contributed by atoms with van der Waals surface area (Å²) in [6.45, 7) is 4.15. The number of nitrogens with zero attached hydrogens (tertiary/aromatic N) is 1. The summed E-state index contributed by atoms with van der Waals surface area (Å²) in [7, 11) is 0. The smallest absolute Gasteiger partial charge is 0.228 e. The van der Waals surface area contributed by atoms with Crippen molar-refractivity contribution in [2.75, 3.05) is 11.9 Å². The monoisotopic (exact) mass is 243 g/mol. The number of pyridine rings is 1. The van der Waals surface area contributed by atoms with E-state index >= 15 is 0 Å². The van der Waals surface area contributed by atoms with Crippen LogP contribution in [0.1, 0.15) is 12.5 Å². The van der Waals surface area contributed by atoms with Crippen molar-refractivity contribution in [3.63, 3.8) is 0 Å². The number of hydrogen-bond acceptors (Lipinski definition) is 3. The maximum absolute atomic E-state index is 11.9. The topological polar surface area (TPSA) is 68.0 Å². The first-order chi connectivity index (χ1) is 8.63. The molecule has 0 aliphatic rings. The lowest BCUT2D eigenvalue weighted by molar-refractivity contribution is -0.119. The van der Waals surface area contributed by atoms with E-state index in [4.69, 9.17) is 5.73 Å². The van der Waals surface area contributed by atoms with Gasteiger partial charge in [0.2, 0.25) is 5.91 Å². The maximum Gasteiger partial charge on any atom is 0.228 e. The van der Waals surface area contributed by atoms with Crippen LogP contribution in [0.3, 0.4) is 0 Å². The summed E-state index contributed by atoms with van der Waals surface area (Å²) in [5.74, 6) is -0.260. The molecule has 0 bridgehead atoms. The second kappa shape index (κ2) is 5.14. The number of aryl methyl sites for hydroxylation is 1. The molecule has 4 nitrogen and oxygen atoms in total. The lowest BCUT2D eigenvalue weighted by Crippen LogP contribution is -2.26. The average Bonchev–Trinajstić information content (AvgIpc) is 2.41. The van der Waals surface area contributed by atoms with Gasteiger partial charge in [-0.15, -0.1) is 0 Å². The Balaban J connectivity index is 2.40. The number of anilines is 1. The molecule has 4 heteroatoms. The van der Waals surface area contributed by atoms with E-state index in [1.807, 2.05) is 38.1 Å². The van der Waals surface area contributed by atoms with E-state index in [9.17, 15) is 4.79 Å². The molecule has 0 spiro atoms. The molecule has 1 atom stereocenters. The Morgan fingerprint density at radius 3 is 2.94 bits per heavy atom. The zero-order chi connectivity index (χ0) is 13.1. The largest absolute Gasteiger partial charge is 0.330 e. The van der Waals surface area contributed by atoms with Gasteiger partial charge in [-0.3, -0.25) is 9.78 Å². The van der Waals surface area contributed by atoms with Crippen LogP contribution < -0.4 is 11.1 Å². The average molecular weight is 243 g/mol. The number of carbonyl (C=O) groups excluding carboxylic acids is 1. The van der Waals surface area contributed by atoms with Gasteiger partial charge < -0.3 is 11.1 Å². The number of amides is 1. The van der Waals surface area contributed by atoms with Crippen molar-refractivity contribution >= 4 is 22.5 Å². The number of aromatic nitrogens is 1. The molecule has 0 saturated heterocycles. The Morgan fingerprint density at radius 2 is 2.22 bits per heavy atom. The van der Waals surface area contributed by atoms with E-state index in [1.54, 1.807) is 6.20 Å². The molecule has 0 saturated carbocycles. The van der Waals surface area contributed by atoms with E-state index in [0.29, 0.717) is 6.54 Å². The van der Waals surface area contributed by atoms with Gasteiger partial charge in [-0.1, -0.05) is 13.0 Å². The van der Waals surface area contributed by atoms with Crippen molar-refractivity contribution < 1.29 is 4.79 Å². The molecular weight excluding hydrogens is 226 g/mol. The molecular formula is C14H17N3O. The van der Waals surface area contributed by atoms with Crippen molar-refractivity contribution in [1.29, 1.82) is 0 Å². The maximum atomic E-state index is 11.9. The van der Waals surface area contributed by atoms with Gasteiger partial charge in [-0.05, 0) is 30.7 Å². The summed E-state index contributed by atoms with van der Waals surface area (Å²) >= 11 is 0. The molecule has 2 aromatic rings. The summed E-state index contributed by atoms with van der Waals surface area (Å²) in [5, 5.41) is 3.86. The van der Waals surface area contributed by atoms with Crippen molar-refractivity contribution in [3.8, 4) is 0 Å². The number of nitrogens with two attached hydrogens (primary N) is 1.